The van der Waals surface area contributed by atoms with Crippen LogP contribution in [0.2, 0.25) is 0 Å². The second-order valence-corrected chi connectivity index (χ2v) is 7.34. The summed E-state index contributed by atoms with van der Waals surface area (Å²) >= 11 is 0. The van der Waals surface area contributed by atoms with Crippen molar-refractivity contribution in [2.75, 3.05) is 10.6 Å². The Morgan fingerprint density at radius 1 is 1.04 bits per heavy atom. The Hall–Kier alpha value is -2.76. The van der Waals surface area contributed by atoms with Gasteiger partial charge in [0.25, 0.3) is 5.91 Å². The Balaban J connectivity index is 1.67. The van der Waals surface area contributed by atoms with Gasteiger partial charge in [-0.3, -0.25) is 9.59 Å². The molecule has 130 valence electrons. The van der Waals surface area contributed by atoms with Crippen LogP contribution >= 0.6 is 0 Å². The van der Waals surface area contributed by atoms with E-state index in [0.29, 0.717) is 16.9 Å². The topological polar surface area (TPSA) is 84.0 Å². The van der Waals surface area contributed by atoms with Crippen LogP contribution in [0, 0.1) is 5.92 Å². The molecule has 6 heteroatoms. The highest BCUT2D eigenvalue weighted by Gasteiger charge is 2.29. The first kappa shape index (κ1) is 17.1. The molecule has 3 rings (SSSR count). The van der Waals surface area contributed by atoms with E-state index in [4.69, 9.17) is 0 Å². The lowest BCUT2D eigenvalue weighted by Gasteiger charge is -2.16. The first-order chi connectivity index (χ1) is 11.8. The third-order valence-corrected chi connectivity index (χ3v) is 3.92. The monoisotopic (exact) mass is 338 g/mol. The Labute approximate surface area is 147 Å². The molecule has 2 N–H and O–H groups in total. The number of anilines is 2. The minimum atomic E-state index is -0.269. The van der Waals surface area contributed by atoms with Crippen molar-refractivity contribution < 1.29 is 9.59 Å². The second kappa shape index (κ2) is 6.63. The van der Waals surface area contributed by atoms with E-state index in [9.17, 15) is 9.59 Å². The van der Waals surface area contributed by atoms with Crippen LogP contribution in [0.15, 0.2) is 36.7 Å². The average Bonchev–Trinajstić information content (AvgIpc) is 3.40. The van der Waals surface area contributed by atoms with Crippen molar-refractivity contribution in [1.29, 1.82) is 0 Å². The summed E-state index contributed by atoms with van der Waals surface area (Å²) in [5.74, 6) is 0.588. The summed E-state index contributed by atoms with van der Waals surface area (Å²) < 4.78 is 0. The Kier molecular flexibility index (Phi) is 4.53. The van der Waals surface area contributed by atoms with E-state index in [1.807, 2.05) is 20.8 Å². The molecule has 6 nitrogen and oxygen atoms in total. The lowest BCUT2D eigenvalue weighted by Crippen LogP contribution is -2.18. The molecule has 1 aliphatic carbocycles. The summed E-state index contributed by atoms with van der Waals surface area (Å²) in [6.45, 7) is 6.09. The number of benzene rings is 1. The summed E-state index contributed by atoms with van der Waals surface area (Å²) in [7, 11) is 0. The van der Waals surface area contributed by atoms with Gasteiger partial charge in [-0.15, -0.1) is 0 Å². The molecule has 1 aromatic heterocycles. The molecule has 0 aliphatic heterocycles. The van der Waals surface area contributed by atoms with Crippen molar-refractivity contribution in [3.05, 3.63) is 48.0 Å². The van der Waals surface area contributed by atoms with E-state index in [1.54, 1.807) is 36.7 Å². The second-order valence-electron chi connectivity index (χ2n) is 7.34. The summed E-state index contributed by atoms with van der Waals surface area (Å²) in [5.41, 5.74) is 1.49. The molecule has 0 radical (unpaired) electrons. The summed E-state index contributed by atoms with van der Waals surface area (Å²) in [6.07, 6.45) is 5.08. The Bertz CT molecular complexity index is 790. The van der Waals surface area contributed by atoms with Crippen molar-refractivity contribution in [1.82, 2.24) is 9.97 Å². The standard InChI is InChI=1S/C19H22N4O2/c1-19(2,3)18-20-10-15(11-21-18)23-17(25)13-5-4-6-14(9-13)22-16(24)12-7-8-12/h4-6,9-12H,7-8H2,1-3H3,(H,22,24)(H,23,25). The molecule has 2 aromatic rings. The van der Waals surface area contributed by atoms with Crippen molar-refractivity contribution in [2.24, 2.45) is 5.92 Å². The number of rotatable bonds is 4. The SMILES string of the molecule is CC(C)(C)c1ncc(NC(=O)c2cccc(NC(=O)C3CC3)c2)cn1. The fourth-order valence-corrected chi connectivity index (χ4v) is 2.31. The molecule has 0 spiro atoms. The maximum absolute atomic E-state index is 12.4. The Morgan fingerprint density at radius 2 is 1.72 bits per heavy atom. The molecule has 25 heavy (non-hydrogen) atoms. The highest BCUT2D eigenvalue weighted by Crippen LogP contribution is 2.30. The number of nitrogens with zero attached hydrogens (tertiary/aromatic N) is 2. The van der Waals surface area contributed by atoms with Gasteiger partial charge in [-0.2, -0.15) is 0 Å². The third-order valence-electron chi connectivity index (χ3n) is 3.92. The highest BCUT2D eigenvalue weighted by molar-refractivity contribution is 6.05. The van der Waals surface area contributed by atoms with E-state index in [1.165, 1.54) is 0 Å². The zero-order valence-electron chi connectivity index (χ0n) is 14.7. The van der Waals surface area contributed by atoms with Crippen LogP contribution in [0.1, 0.15) is 49.8 Å². The molecule has 0 bridgehead atoms. The van der Waals surface area contributed by atoms with Gasteiger partial charge in [0.15, 0.2) is 0 Å². The van der Waals surface area contributed by atoms with Gasteiger partial charge in [-0.05, 0) is 31.0 Å². The molecular formula is C19H22N4O2. The first-order valence-electron chi connectivity index (χ1n) is 8.38. The number of carbonyl (C=O) groups is 2. The van der Waals surface area contributed by atoms with Crippen LogP contribution in [-0.2, 0) is 10.2 Å². The van der Waals surface area contributed by atoms with Crippen LogP contribution in [0.25, 0.3) is 0 Å². The van der Waals surface area contributed by atoms with E-state index in [0.717, 1.165) is 18.7 Å². The Morgan fingerprint density at radius 3 is 2.32 bits per heavy atom. The molecule has 1 aliphatic rings. The number of hydrogen-bond acceptors (Lipinski definition) is 4. The van der Waals surface area contributed by atoms with Crippen LogP contribution in [-0.4, -0.2) is 21.8 Å². The molecule has 1 fully saturated rings. The van der Waals surface area contributed by atoms with Crippen molar-refractivity contribution in [3.63, 3.8) is 0 Å². The van der Waals surface area contributed by atoms with Gasteiger partial charge in [0, 0.05) is 22.6 Å². The van der Waals surface area contributed by atoms with Crippen molar-refractivity contribution >= 4 is 23.2 Å². The zero-order chi connectivity index (χ0) is 18.0. The number of amides is 2. The van der Waals surface area contributed by atoms with Crippen LogP contribution in [0.3, 0.4) is 0 Å². The van der Waals surface area contributed by atoms with Crippen molar-refractivity contribution in [3.8, 4) is 0 Å². The van der Waals surface area contributed by atoms with E-state index in [-0.39, 0.29) is 23.1 Å². The van der Waals surface area contributed by atoms with Gasteiger partial charge in [0.2, 0.25) is 5.91 Å². The average molecular weight is 338 g/mol. The smallest absolute Gasteiger partial charge is 0.255 e. The van der Waals surface area contributed by atoms with Crippen LogP contribution in [0.5, 0.6) is 0 Å². The quantitative estimate of drug-likeness (QED) is 0.895. The minimum absolute atomic E-state index is 0.0173. The molecule has 0 unspecified atom stereocenters. The lowest BCUT2D eigenvalue weighted by atomic mass is 9.96. The van der Waals surface area contributed by atoms with Gasteiger partial charge in [0.05, 0.1) is 18.1 Å². The highest BCUT2D eigenvalue weighted by atomic mass is 16.2. The predicted molar refractivity (Wildman–Crippen MR) is 96.5 cm³/mol. The van der Waals surface area contributed by atoms with E-state index >= 15 is 0 Å². The molecule has 0 atom stereocenters. The van der Waals surface area contributed by atoms with Crippen molar-refractivity contribution in [2.45, 2.75) is 39.0 Å². The third kappa shape index (κ3) is 4.41. The maximum atomic E-state index is 12.4. The fraction of sp³-hybridized carbons (Fsp3) is 0.368. The van der Waals surface area contributed by atoms with Gasteiger partial charge in [0.1, 0.15) is 5.82 Å². The molecule has 1 aromatic carbocycles. The predicted octanol–water partition coefficient (Wildman–Crippen LogP) is 3.37. The number of carbonyl (C=O) groups excluding carboxylic acids is 2. The van der Waals surface area contributed by atoms with E-state index in [2.05, 4.69) is 20.6 Å². The summed E-state index contributed by atoms with van der Waals surface area (Å²) in [6, 6.07) is 6.89. The molecule has 2 amide bonds. The molecule has 1 heterocycles. The van der Waals surface area contributed by atoms with Gasteiger partial charge in [-0.1, -0.05) is 26.8 Å². The van der Waals surface area contributed by atoms with Gasteiger partial charge in [-0.25, -0.2) is 9.97 Å². The number of aromatic nitrogens is 2. The molecular weight excluding hydrogens is 316 g/mol. The van der Waals surface area contributed by atoms with Gasteiger partial charge < -0.3 is 10.6 Å². The van der Waals surface area contributed by atoms with Crippen LogP contribution in [0.4, 0.5) is 11.4 Å². The zero-order valence-corrected chi connectivity index (χ0v) is 14.7. The largest absolute Gasteiger partial charge is 0.326 e. The van der Waals surface area contributed by atoms with Gasteiger partial charge >= 0.3 is 0 Å². The summed E-state index contributed by atoms with van der Waals surface area (Å²) in [4.78, 5) is 32.8. The molecule has 1 saturated carbocycles. The first-order valence-corrected chi connectivity index (χ1v) is 8.38. The lowest BCUT2D eigenvalue weighted by molar-refractivity contribution is -0.117. The number of hydrogen-bond donors (Lipinski definition) is 2. The fourth-order valence-electron chi connectivity index (χ4n) is 2.31. The minimum Gasteiger partial charge on any atom is -0.326 e. The van der Waals surface area contributed by atoms with Crippen LogP contribution < -0.4 is 10.6 Å². The number of nitrogens with one attached hydrogen (secondary N) is 2. The normalized spacial score (nSPS) is 14.0. The van der Waals surface area contributed by atoms with E-state index < -0.39 is 0 Å². The molecule has 0 saturated heterocycles. The maximum Gasteiger partial charge on any atom is 0.255 e. The summed E-state index contributed by atoms with van der Waals surface area (Å²) in [5, 5.41) is 5.62.